The van der Waals surface area contributed by atoms with Crippen molar-refractivity contribution in [2.45, 2.75) is 25.9 Å². The number of halogens is 1. The minimum absolute atomic E-state index is 0.420. The second-order valence-electron chi connectivity index (χ2n) is 3.20. The zero-order valence-electron chi connectivity index (χ0n) is 7.01. The Labute approximate surface area is 77.3 Å². The van der Waals surface area contributed by atoms with Gasteiger partial charge in [-0.3, -0.25) is 0 Å². The predicted molar refractivity (Wildman–Crippen MR) is 49.8 cm³/mol. The molecular weight excluding hydrogens is 172 g/mol. The molecule has 1 aliphatic rings. The van der Waals surface area contributed by atoms with Gasteiger partial charge in [-0.2, -0.15) is 0 Å². The van der Waals surface area contributed by atoms with Crippen LogP contribution in [0.5, 0.6) is 5.75 Å². The molecule has 1 aromatic carbocycles. The number of hydrogen-bond acceptors (Lipinski definition) is 1. The SMILES string of the molecule is Cc1cccc(Cl)c1OC1CC1. The summed E-state index contributed by atoms with van der Waals surface area (Å²) in [7, 11) is 0. The number of rotatable bonds is 2. The highest BCUT2D eigenvalue weighted by atomic mass is 35.5. The van der Waals surface area contributed by atoms with Gasteiger partial charge in [-0.1, -0.05) is 23.7 Å². The summed E-state index contributed by atoms with van der Waals surface area (Å²) in [4.78, 5) is 0. The van der Waals surface area contributed by atoms with E-state index in [2.05, 4.69) is 0 Å². The average molecular weight is 183 g/mol. The van der Waals surface area contributed by atoms with E-state index < -0.39 is 0 Å². The van der Waals surface area contributed by atoms with Gasteiger partial charge in [0.15, 0.2) is 0 Å². The van der Waals surface area contributed by atoms with Crippen LogP contribution in [0.3, 0.4) is 0 Å². The molecule has 0 atom stereocenters. The third kappa shape index (κ3) is 1.56. The largest absolute Gasteiger partial charge is 0.489 e. The molecule has 12 heavy (non-hydrogen) atoms. The normalized spacial score (nSPS) is 16.2. The Kier molecular flexibility index (Phi) is 1.97. The lowest BCUT2D eigenvalue weighted by atomic mass is 10.2. The number of aryl methyl sites for hydroxylation is 1. The standard InChI is InChI=1S/C10H11ClO/c1-7-3-2-4-9(11)10(7)12-8-5-6-8/h2-4,8H,5-6H2,1H3. The van der Waals surface area contributed by atoms with Gasteiger partial charge < -0.3 is 4.74 Å². The Morgan fingerprint density at radius 2 is 2.17 bits per heavy atom. The molecule has 1 nitrogen and oxygen atoms in total. The molecule has 64 valence electrons. The van der Waals surface area contributed by atoms with E-state index in [0.717, 1.165) is 16.3 Å². The number of para-hydroxylation sites is 1. The van der Waals surface area contributed by atoms with Gasteiger partial charge in [0.25, 0.3) is 0 Å². The number of ether oxygens (including phenoxy) is 1. The molecule has 0 unspecified atom stereocenters. The van der Waals surface area contributed by atoms with Crippen LogP contribution < -0.4 is 4.74 Å². The zero-order valence-corrected chi connectivity index (χ0v) is 7.77. The van der Waals surface area contributed by atoms with Crippen molar-refractivity contribution in [3.05, 3.63) is 28.8 Å². The zero-order chi connectivity index (χ0) is 8.55. The molecule has 0 spiro atoms. The molecule has 0 N–H and O–H groups in total. The van der Waals surface area contributed by atoms with E-state index in [9.17, 15) is 0 Å². The van der Waals surface area contributed by atoms with E-state index in [1.54, 1.807) is 0 Å². The topological polar surface area (TPSA) is 9.23 Å². The first-order valence-electron chi connectivity index (χ1n) is 4.19. The van der Waals surface area contributed by atoms with Crippen molar-refractivity contribution in [2.24, 2.45) is 0 Å². The van der Waals surface area contributed by atoms with E-state index >= 15 is 0 Å². The summed E-state index contributed by atoms with van der Waals surface area (Å²) in [6.07, 6.45) is 2.76. The second-order valence-corrected chi connectivity index (χ2v) is 3.61. The molecule has 1 fully saturated rings. The van der Waals surface area contributed by atoms with Crippen LogP contribution in [0, 0.1) is 6.92 Å². The fourth-order valence-corrected chi connectivity index (χ4v) is 1.38. The highest BCUT2D eigenvalue weighted by Gasteiger charge is 2.24. The van der Waals surface area contributed by atoms with Crippen LogP contribution in [-0.4, -0.2) is 6.10 Å². The van der Waals surface area contributed by atoms with Crippen LogP contribution in [0.1, 0.15) is 18.4 Å². The first-order chi connectivity index (χ1) is 5.77. The Hall–Kier alpha value is -0.690. The summed E-state index contributed by atoms with van der Waals surface area (Å²) < 4.78 is 5.65. The summed E-state index contributed by atoms with van der Waals surface area (Å²) in [5, 5.41) is 0.724. The molecule has 0 heterocycles. The highest BCUT2D eigenvalue weighted by Crippen LogP contribution is 2.33. The van der Waals surface area contributed by atoms with Crippen molar-refractivity contribution in [3.8, 4) is 5.75 Å². The summed E-state index contributed by atoms with van der Waals surface area (Å²) >= 11 is 5.98. The lowest BCUT2D eigenvalue weighted by Crippen LogP contribution is -1.98. The molecule has 1 aromatic rings. The van der Waals surface area contributed by atoms with Crippen LogP contribution >= 0.6 is 11.6 Å². The molecular formula is C10H11ClO. The smallest absolute Gasteiger partial charge is 0.141 e. The third-order valence-corrected chi connectivity index (χ3v) is 2.27. The van der Waals surface area contributed by atoms with Crippen LogP contribution in [-0.2, 0) is 0 Å². The molecule has 1 aliphatic carbocycles. The van der Waals surface area contributed by atoms with Gasteiger partial charge in [-0.15, -0.1) is 0 Å². The fourth-order valence-electron chi connectivity index (χ4n) is 1.12. The van der Waals surface area contributed by atoms with Gasteiger partial charge in [0.1, 0.15) is 5.75 Å². The van der Waals surface area contributed by atoms with Gasteiger partial charge in [-0.05, 0) is 31.4 Å². The summed E-state index contributed by atoms with van der Waals surface area (Å²) in [6.45, 7) is 2.02. The lowest BCUT2D eigenvalue weighted by Gasteiger charge is -2.08. The third-order valence-electron chi connectivity index (χ3n) is 1.97. The molecule has 1 saturated carbocycles. The van der Waals surface area contributed by atoms with E-state index in [4.69, 9.17) is 16.3 Å². The Morgan fingerprint density at radius 1 is 1.42 bits per heavy atom. The molecule has 0 bridgehead atoms. The second kappa shape index (κ2) is 2.98. The molecule has 0 aromatic heterocycles. The van der Waals surface area contributed by atoms with Crippen molar-refractivity contribution >= 4 is 11.6 Å². The Bertz CT molecular complexity index is 272. The van der Waals surface area contributed by atoms with Crippen molar-refractivity contribution in [1.82, 2.24) is 0 Å². The molecule has 0 saturated heterocycles. The van der Waals surface area contributed by atoms with Crippen molar-refractivity contribution in [1.29, 1.82) is 0 Å². The van der Waals surface area contributed by atoms with Crippen LogP contribution in [0.2, 0.25) is 5.02 Å². The van der Waals surface area contributed by atoms with Gasteiger partial charge in [0.05, 0.1) is 11.1 Å². The molecule has 2 rings (SSSR count). The maximum absolute atomic E-state index is 5.98. The maximum Gasteiger partial charge on any atom is 0.141 e. The van der Waals surface area contributed by atoms with Crippen molar-refractivity contribution in [3.63, 3.8) is 0 Å². The van der Waals surface area contributed by atoms with Gasteiger partial charge in [0, 0.05) is 0 Å². The molecule has 0 radical (unpaired) electrons. The summed E-state index contributed by atoms with van der Waals surface area (Å²) in [6, 6.07) is 5.83. The van der Waals surface area contributed by atoms with Gasteiger partial charge in [-0.25, -0.2) is 0 Å². The quantitative estimate of drug-likeness (QED) is 0.683. The molecule has 2 heteroatoms. The average Bonchev–Trinajstić information content (AvgIpc) is 2.80. The van der Waals surface area contributed by atoms with Crippen LogP contribution in [0.15, 0.2) is 18.2 Å². The van der Waals surface area contributed by atoms with Crippen LogP contribution in [0.25, 0.3) is 0 Å². The first kappa shape index (κ1) is 7.93. The monoisotopic (exact) mass is 182 g/mol. The lowest BCUT2D eigenvalue weighted by molar-refractivity contribution is 0.301. The highest BCUT2D eigenvalue weighted by molar-refractivity contribution is 6.32. The minimum atomic E-state index is 0.420. The summed E-state index contributed by atoms with van der Waals surface area (Å²) in [5.74, 6) is 0.863. The predicted octanol–water partition coefficient (Wildman–Crippen LogP) is 3.19. The van der Waals surface area contributed by atoms with E-state index in [0.29, 0.717) is 6.10 Å². The van der Waals surface area contributed by atoms with Gasteiger partial charge >= 0.3 is 0 Å². The summed E-state index contributed by atoms with van der Waals surface area (Å²) in [5.41, 5.74) is 1.12. The van der Waals surface area contributed by atoms with E-state index in [1.807, 2.05) is 25.1 Å². The maximum atomic E-state index is 5.98. The van der Waals surface area contributed by atoms with Gasteiger partial charge in [0.2, 0.25) is 0 Å². The fraction of sp³-hybridized carbons (Fsp3) is 0.400. The Balaban J connectivity index is 2.26. The minimum Gasteiger partial charge on any atom is -0.489 e. The van der Waals surface area contributed by atoms with Crippen LogP contribution in [0.4, 0.5) is 0 Å². The van der Waals surface area contributed by atoms with E-state index in [-0.39, 0.29) is 0 Å². The number of benzene rings is 1. The van der Waals surface area contributed by atoms with E-state index in [1.165, 1.54) is 12.8 Å². The van der Waals surface area contributed by atoms with Crippen molar-refractivity contribution in [2.75, 3.05) is 0 Å². The van der Waals surface area contributed by atoms with Crippen molar-refractivity contribution < 1.29 is 4.74 Å². The molecule has 0 aliphatic heterocycles. The number of hydrogen-bond donors (Lipinski definition) is 0. The Morgan fingerprint density at radius 3 is 2.75 bits per heavy atom. The molecule has 0 amide bonds. The first-order valence-corrected chi connectivity index (χ1v) is 4.57.